The van der Waals surface area contributed by atoms with Crippen molar-refractivity contribution < 1.29 is 8.42 Å². The second-order valence-corrected chi connectivity index (χ2v) is 11.4. The summed E-state index contributed by atoms with van der Waals surface area (Å²) in [4.78, 5) is 19.7. The van der Waals surface area contributed by atoms with Gasteiger partial charge >= 0.3 is 0 Å². The fraction of sp³-hybridized carbons (Fsp3) is 0.478. The van der Waals surface area contributed by atoms with E-state index >= 15 is 0 Å². The topological polar surface area (TPSA) is 75.5 Å². The van der Waals surface area contributed by atoms with Crippen LogP contribution >= 0.6 is 0 Å². The fourth-order valence-electron chi connectivity index (χ4n) is 4.82. The summed E-state index contributed by atoms with van der Waals surface area (Å²) in [5.74, 6) is 0.800. The zero-order valence-corrected chi connectivity index (χ0v) is 19.1. The first-order valence-electron chi connectivity index (χ1n) is 10.8. The van der Waals surface area contributed by atoms with Crippen molar-refractivity contribution in [3.05, 3.63) is 46.0 Å². The van der Waals surface area contributed by atoms with Crippen molar-refractivity contribution in [2.75, 3.05) is 32.1 Å². The standard InChI is InChI=1S/C23H28N4O3S/c1-25(2)31(29,30)16-13-19(20-15-26(3)22(28)18-6-4-5-17(18)20)21(24-14-16)27-11-9-23(7-8-23)10-12-27/h4-5,13-15H,6-12H2,1-3H3. The van der Waals surface area contributed by atoms with E-state index in [1.54, 1.807) is 17.7 Å². The SMILES string of the molecule is CN(C)S(=O)(=O)c1cnc(N2CCC3(CC2)CC3)c(-c2cn(C)c(=O)c3c2C=CC3)c1. The largest absolute Gasteiger partial charge is 0.356 e. The van der Waals surface area contributed by atoms with Crippen LogP contribution in [-0.4, -0.2) is 49.5 Å². The van der Waals surface area contributed by atoms with Gasteiger partial charge in [0.05, 0.1) is 0 Å². The van der Waals surface area contributed by atoms with Crippen LogP contribution in [0.4, 0.5) is 5.82 Å². The van der Waals surface area contributed by atoms with E-state index in [-0.39, 0.29) is 10.5 Å². The van der Waals surface area contributed by atoms with Gasteiger partial charge in [-0.3, -0.25) is 4.79 Å². The van der Waals surface area contributed by atoms with Gasteiger partial charge in [0.1, 0.15) is 10.7 Å². The molecule has 2 fully saturated rings. The molecule has 3 aliphatic rings. The molecule has 8 heteroatoms. The Morgan fingerprint density at radius 2 is 1.81 bits per heavy atom. The number of hydrogen-bond donors (Lipinski definition) is 0. The van der Waals surface area contributed by atoms with Crippen molar-refractivity contribution >= 4 is 21.9 Å². The van der Waals surface area contributed by atoms with Crippen LogP contribution in [0.5, 0.6) is 0 Å². The molecule has 5 rings (SSSR count). The number of aryl methyl sites for hydroxylation is 1. The van der Waals surface area contributed by atoms with Gasteiger partial charge in [0, 0.05) is 63.3 Å². The van der Waals surface area contributed by atoms with Gasteiger partial charge in [-0.2, -0.15) is 0 Å². The highest BCUT2D eigenvalue weighted by molar-refractivity contribution is 7.89. The number of sulfonamides is 1. The Hall–Kier alpha value is -2.45. The van der Waals surface area contributed by atoms with Crippen molar-refractivity contribution in [2.45, 2.75) is 37.0 Å². The molecule has 0 atom stereocenters. The summed E-state index contributed by atoms with van der Waals surface area (Å²) in [5, 5.41) is 0. The lowest BCUT2D eigenvalue weighted by atomic mass is 9.93. The molecule has 2 aliphatic carbocycles. The number of pyridine rings is 2. The number of aromatic nitrogens is 2. The molecule has 2 aromatic rings. The van der Waals surface area contributed by atoms with Crippen molar-refractivity contribution in [1.82, 2.24) is 13.9 Å². The summed E-state index contributed by atoms with van der Waals surface area (Å²) < 4.78 is 28.5. The molecule has 0 unspecified atom stereocenters. The lowest BCUT2D eigenvalue weighted by Crippen LogP contribution is -2.35. The van der Waals surface area contributed by atoms with E-state index in [1.165, 1.54) is 37.4 Å². The van der Waals surface area contributed by atoms with Gasteiger partial charge in [-0.05, 0) is 49.1 Å². The maximum atomic E-state index is 12.9. The van der Waals surface area contributed by atoms with Gasteiger partial charge in [0.15, 0.2) is 0 Å². The zero-order valence-electron chi connectivity index (χ0n) is 18.3. The summed E-state index contributed by atoms with van der Waals surface area (Å²) in [6, 6.07) is 1.73. The van der Waals surface area contributed by atoms with E-state index in [9.17, 15) is 13.2 Å². The molecule has 0 N–H and O–H groups in total. The Labute approximate surface area is 183 Å². The van der Waals surface area contributed by atoms with Crippen LogP contribution in [-0.2, 0) is 23.5 Å². The van der Waals surface area contributed by atoms with E-state index in [1.807, 2.05) is 18.3 Å². The molecule has 7 nitrogen and oxygen atoms in total. The Kier molecular flexibility index (Phi) is 4.64. The van der Waals surface area contributed by atoms with Gasteiger partial charge in [0.25, 0.3) is 5.56 Å². The Morgan fingerprint density at radius 1 is 1.10 bits per heavy atom. The van der Waals surface area contributed by atoms with Crippen molar-refractivity contribution in [2.24, 2.45) is 12.5 Å². The molecule has 3 heterocycles. The molecular formula is C23H28N4O3S. The third-order valence-electron chi connectivity index (χ3n) is 7.11. The summed E-state index contributed by atoms with van der Waals surface area (Å²) in [7, 11) is 1.16. The quantitative estimate of drug-likeness (QED) is 0.731. The normalized spacial score (nSPS) is 19.3. The minimum Gasteiger partial charge on any atom is -0.356 e. The van der Waals surface area contributed by atoms with E-state index in [4.69, 9.17) is 0 Å². The minimum atomic E-state index is -3.63. The molecular weight excluding hydrogens is 412 g/mol. The monoisotopic (exact) mass is 440 g/mol. The highest BCUT2D eigenvalue weighted by Crippen LogP contribution is 2.54. The van der Waals surface area contributed by atoms with E-state index < -0.39 is 10.0 Å². The number of piperidine rings is 1. The number of hydrogen-bond acceptors (Lipinski definition) is 5. The van der Waals surface area contributed by atoms with Crippen LogP contribution < -0.4 is 10.5 Å². The first kappa shape index (κ1) is 20.5. The fourth-order valence-corrected chi connectivity index (χ4v) is 5.69. The number of rotatable bonds is 4. The van der Waals surface area contributed by atoms with Crippen LogP contribution in [0.15, 0.2) is 34.2 Å². The molecule has 0 aromatic carbocycles. The van der Waals surface area contributed by atoms with Gasteiger partial charge < -0.3 is 9.47 Å². The average Bonchev–Trinajstić information content (AvgIpc) is 3.31. The molecule has 1 saturated heterocycles. The summed E-state index contributed by atoms with van der Waals surface area (Å²) in [5.41, 5.74) is 3.78. The predicted octanol–water partition coefficient (Wildman–Crippen LogP) is 2.65. The summed E-state index contributed by atoms with van der Waals surface area (Å²) in [6.07, 6.45) is 12.8. The molecule has 1 aliphatic heterocycles. The van der Waals surface area contributed by atoms with Crippen LogP contribution in [0, 0.1) is 5.41 Å². The van der Waals surface area contributed by atoms with Crippen LogP contribution in [0.1, 0.15) is 36.8 Å². The van der Waals surface area contributed by atoms with Crippen LogP contribution in [0.2, 0.25) is 0 Å². The molecule has 31 heavy (non-hydrogen) atoms. The number of fused-ring (bicyclic) bond motifs is 1. The molecule has 1 saturated carbocycles. The van der Waals surface area contributed by atoms with Crippen molar-refractivity contribution in [3.8, 4) is 11.1 Å². The number of nitrogens with zero attached hydrogens (tertiary/aromatic N) is 4. The molecule has 2 aromatic heterocycles. The van der Waals surface area contributed by atoms with Crippen molar-refractivity contribution in [1.29, 1.82) is 0 Å². The maximum absolute atomic E-state index is 12.9. The number of allylic oxidation sites excluding steroid dienone is 1. The average molecular weight is 441 g/mol. The number of anilines is 1. The first-order valence-corrected chi connectivity index (χ1v) is 12.2. The maximum Gasteiger partial charge on any atom is 0.254 e. The highest BCUT2D eigenvalue weighted by atomic mass is 32.2. The summed E-state index contributed by atoms with van der Waals surface area (Å²) >= 11 is 0. The van der Waals surface area contributed by atoms with Gasteiger partial charge in [-0.25, -0.2) is 17.7 Å². The van der Waals surface area contributed by atoms with Gasteiger partial charge in [-0.1, -0.05) is 12.2 Å². The van der Waals surface area contributed by atoms with E-state index in [0.29, 0.717) is 11.8 Å². The van der Waals surface area contributed by atoms with Crippen molar-refractivity contribution in [3.63, 3.8) is 0 Å². The van der Waals surface area contributed by atoms with E-state index in [0.717, 1.165) is 54.0 Å². The third-order valence-corrected chi connectivity index (χ3v) is 8.89. The van der Waals surface area contributed by atoms with Gasteiger partial charge in [0.2, 0.25) is 10.0 Å². The molecule has 164 valence electrons. The summed E-state index contributed by atoms with van der Waals surface area (Å²) in [6.45, 7) is 1.84. The molecule has 0 radical (unpaired) electrons. The van der Waals surface area contributed by atoms with Crippen LogP contribution in [0.25, 0.3) is 17.2 Å². The molecule has 0 amide bonds. The Balaban J connectivity index is 1.69. The van der Waals surface area contributed by atoms with Crippen LogP contribution in [0.3, 0.4) is 0 Å². The second kappa shape index (κ2) is 7.03. The third kappa shape index (κ3) is 3.32. The second-order valence-electron chi connectivity index (χ2n) is 9.27. The van der Waals surface area contributed by atoms with Gasteiger partial charge in [-0.15, -0.1) is 0 Å². The lowest BCUT2D eigenvalue weighted by molar-refractivity contribution is 0.383. The van der Waals surface area contributed by atoms with E-state index in [2.05, 4.69) is 9.88 Å². The molecule has 1 spiro atoms. The Bertz CT molecular complexity index is 1250. The predicted molar refractivity (Wildman–Crippen MR) is 122 cm³/mol. The highest BCUT2D eigenvalue weighted by Gasteiger charge is 2.44. The smallest absolute Gasteiger partial charge is 0.254 e. The lowest BCUT2D eigenvalue weighted by Gasteiger charge is -2.34. The first-order chi connectivity index (χ1) is 14.7. The Morgan fingerprint density at radius 3 is 2.45 bits per heavy atom. The minimum absolute atomic E-state index is 0.0102. The zero-order chi connectivity index (χ0) is 22.0. The molecule has 0 bridgehead atoms.